The van der Waals surface area contributed by atoms with Crippen molar-refractivity contribution in [1.29, 1.82) is 0 Å². The lowest BCUT2D eigenvalue weighted by atomic mass is 10.0. The van der Waals surface area contributed by atoms with Crippen LogP contribution >= 0.6 is 23.2 Å². The average Bonchev–Trinajstić information content (AvgIpc) is 3.02. The third kappa shape index (κ3) is 9.10. The third-order valence-electron chi connectivity index (χ3n) is 7.18. The lowest BCUT2D eigenvalue weighted by Crippen LogP contribution is -2.53. The number of amides is 2. The Morgan fingerprint density at radius 2 is 1.47 bits per heavy atom. The molecule has 0 bridgehead atoms. The highest BCUT2D eigenvalue weighted by Gasteiger charge is 2.35. The van der Waals surface area contributed by atoms with E-state index in [0.29, 0.717) is 6.54 Å². The third-order valence-corrected chi connectivity index (χ3v) is 9.51. The number of sulfonamides is 1. The summed E-state index contributed by atoms with van der Waals surface area (Å²) in [6.07, 6.45) is 0.228. The summed E-state index contributed by atoms with van der Waals surface area (Å²) in [7, 11) is -4.29. The van der Waals surface area contributed by atoms with Crippen LogP contribution in [0, 0.1) is 12.8 Å². The summed E-state index contributed by atoms with van der Waals surface area (Å²) in [4.78, 5) is 29.8. The van der Waals surface area contributed by atoms with E-state index in [1.54, 1.807) is 24.3 Å². The Morgan fingerprint density at radius 3 is 2.11 bits per heavy atom. The van der Waals surface area contributed by atoms with Crippen LogP contribution in [0.1, 0.15) is 30.5 Å². The number of nitrogens with one attached hydrogen (secondary N) is 1. The number of carbonyl (C=O) groups excluding carboxylic acids is 2. The molecule has 0 spiro atoms. The second-order valence-electron chi connectivity index (χ2n) is 11.3. The van der Waals surface area contributed by atoms with E-state index >= 15 is 0 Å². The first-order valence-corrected chi connectivity index (χ1v) is 16.8. The van der Waals surface area contributed by atoms with Crippen LogP contribution in [-0.4, -0.2) is 44.3 Å². The molecule has 45 heavy (non-hydrogen) atoms. The molecule has 7 nitrogen and oxygen atoms in total. The van der Waals surface area contributed by atoms with Gasteiger partial charge >= 0.3 is 0 Å². The van der Waals surface area contributed by atoms with Gasteiger partial charge in [0.25, 0.3) is 10.0 Å². The Bertz CT molecular complexity index is 1720. The molecule has 4 aromatic rings. The maximum Gasteiger partial charge on any atom is 0.264 e. The van der Waals surface area contributed by atoms with Crippen molar-refractivity contribution in [3.63, 3.8) is 0 Å². The highest BCUT2D eigenvalue weighted by atomic mass is 35.5. The van der Waals surface area contributed by atoms with Crippen molar-refractivity contribution >= 4 is 50.7 Å². The van der Waals surface area contributed by atoms with Crippen LogP contribution in [0.3, 0.4) is 0 Å². The molecule has 0 heterocycles. The summed E-state index contributed by atoms with van der Waals surface area (Å²) >= 11 is 12.8. The molecular weight excluding hydrogens is 629 g/mol. The van der Waals surface area contributed by atoms with E-state index in [1.165, 1.54) is 29.2 Å². The molecule has 0 radical (unpaired) electrons. The second-order valence-corrected chi connectivity index (χ2v) is 14.0. The molecule has 0 fully saturated rings. The number of halogens is 2. The summed E-state index contributed by atoms with van der Waals surface area (Å²) in [5, 5.41) is 3.35. The molecule has 1 atom stereocenters. The smallest absolute Gasteiger partial charge is 0.264 e. The van der Waals surface area contributed by atoms with E-state index in [9.17, 15) is 18.0 Å². The monoisotopic (exact) mass is 665 g/mol. The molecule has 4 rings (SSSR count). The summed E-state index contributed by atoms with van der Waals surface area (Å²) in [5.74, 6) is -0.719. The molecule has 236 valence electrons. The number of hydrogen-bond donors (Lipinski definition) is 1. The van der Waals surface area contributed by atoms with E-state index < -0.39 is 28.5 Å². The average molecular weight is 667 g/mol. The zero-order valence-corrected chi connectivity index (χ0v) is 27.8. The van der Waals surface area contributed by atoms with Crippen LogP contribution in [0.5, 0.6) is 0 Å². The number of carbonyl (C=O) groups is 2. The Morgan fingerprint density at radius 1 is 0.822 bits per heavy atom. The van der Waals surface area contributed by atoms with Crippen molar-refractivity contribution in [3.8, 4) is 0 Å². The molecule has 1 N–H and O–H groups in total. The Hall–Kier alpha value is -3.85. The quantitative estimate of drug-likeness (QED) is 0.168. The lowest BCUT2D eigenvalue weighted by molar-refractivity contribution is -0.140. The first kappa shape index (κ1) is 34.0. The predicted octanol–water partition coefficient (Wildman–Crippen LogP) is 6.91. The van der Waals surface area contributed by atoms with Crippen LogP contribution in [0.2, 0.25) is 10.0 Å². The Kier molecular flexibility index (Phi) is 11.7. The van der Waals surface area contributed by atoms with Gasteiger partial charge in [-0.05, 0) is 54.3 Å². The van der Waals surface area contributed by atoms with Crippen molar-refractivity contribution in [1.82, 2.24) is 10.2 Å². The van der Waals surface area contributed by atoms with E-state index in [-0.39, 0.29) is 45.4 Å². The SMILES string of the molecule is Cc1cccc(CN(C(=O)CN(c2cc(Cl)ccc2Cl)S(=O)(=O)c2ccccc2)[C@@H](Cc2ccccc2)C(=O)NCC(C)C)c1. The number of aryl methyl sites for hydroxylation is 1. The number of nitrogens with zero attached hydrogens (tertiary/aromatic N) is 2. The second kappa shape index (κ2) is 15.4. The lowest BCUT2D eigenvalue weighted by Gasteiger charge is -2.34. The molecule has 0 aliphatic heterocycles. The minimum atomic E-state index is -4.29. The summed E-state index contributed by atoms with van der Waals surface area (Å²) < 4.78 is 29.2. The molecule has 0 saturated carbocycles. The number of hydrogen-bond acceptors (Lipinski definition) is 4. The van der Waals surface area contributed by atoms with Crippen LogP contribution in [0.4, 0.5) is 5.69 Å². The van der Waals surface area contributed by atoms with Gasteiger partial charge in [0.15, 0.2) is 0 Å². The maximum atomic E-state index is 14.5. The molecule has 0 saturated heterocycles. The van der Waals surface area contributed by atoms with Crippen LogP contribution < -0.4 is 9.62 Å². The van der Waals surface area contributed by atoms with Crippen molar-refractivity contribution in [2.75, 3.05) is 17.4 Å². The first-order chi connectivity index (χ1) is 21.5. The van der Waals surface area contributed by atoms with Gasteiger partial charge in [0.2, 0.25) is 11.8 Å². The summed E-state index contributed by atoms with van der Waals surface area (Å²) in [5.41, 5.74) is 2.70. The maximum absolute atomic E-state index is 14.5. The summed E-state index contributed by atoms with van der Waals surface area (Å²) in [6.45, 7) is 5.80. The van der Waals surface area contributed by atoms with Gasteiger partial charge in [-0.1, -0.05) is 115 Å². The zero-order chi connectivity index (χ0) is 32.6. The minimum Gasteiger partial charge on any atom is -0.354 e. The molecule has 10 heteroatoms. The van der Waals surface area contributed by atoms with Crippen LogP contribution in [0.25, 0.3) is 0 Å². The highest BCUT2D eigenvalue weighted by Crippen LogP contribution is 2.33. The van der Waals surface area contributed by atoms with Crippen LogP contribution in [-0.2, 0) is 32.6 Å². The topological polar surface area (TPSA) is 86.8 Å². The largest absolute Gasteiger partial charge is 0.354 e. The van der Waals surface area contributed by atoms with Gasteiger partial charge in [-0.2, -0.15) is 0 Å². The van der Waals surface area contributed by atoms with Gasteiger partial charge in [0.1, 0.15) is 12.6 Å². The number of benzene rings is 4. The van der Waals surface area contributed by atoms with Crippen molar-refractivity contribution in [2.24, 2.45) is 5.92 Å². The molecular formula is C35H37Cl2N3O4S. The predicted molar refractivity (Wildman–Crippen MR) is 181 cm³/mol. The summed E-state index contributed by atoms with van der Waals surface area (Å²) in [6, 6.07) is 28.4. The fourth-order valence-corrected chi connectivity index (χ4v) is 6.78. The normalized spacial score (nSPS) is 12.0. The fraction of sp³-hybridized carbons (Fsp3) is 0.257. The minimum absolute atomic E-state index is 0.0189. The van der Waals surface area contributed by atoms with E-state index in [4.69, 9.17) is 23.2 Å². The standard InChI is InChI=1S/C35H37Cl2N3O4S/c1-25(2)22-38-35(42)33(20-27-12-6-4-7-13-27)39(23-28-14-10-11-26(3)19-28)34(41)24-40(32-21-29(36)17-18-31(32)37)45(43,44)30-15-8-5-9-16-30/h4-19,21,25,33H,20,22-24H2,1-3H3,(H,38,42)/t33-/m0/s1. The van der Waals surface area contributed by atoms with Gasteiger partial charge < -0.3 is 10.2 Å². The Labute approximate surface area is 275 Å². The number of rotatable bonds is 13. The molecule has 0 aliphatic carbocycles. The van der Waals surface area contributed by atoms with E-state index in [2.05, 4.69) is 5.32 Å². The molecule has 4 aromatic carbocycles. The molecule has 0 aromatic heterocycles. The van der Waals surface area contributed by atoms with E-state index in [0.717, 1.165) is 21.0 Å². The Balaban J connectivity index is 1.82. The van der Waals surface area contributed by atoms with Gasteiger partial charge in [0.05, 0.1) is 15.6 Å². The van der Waals surface area contributed by atoms with Crippen molar-refractivity contribution in [3.05, 3.63) is 130 Å². The van der Waals surface area contributed by atoms with Crippen molar-refractivity contribution in [2.45, 2.75) is 44.7 Å². The fourth-order valence-electron chi connectivity index (χ4n) is 4.89. The zero-order valence-electron chi connectivity index (χ0n) is 25.5. The molecule has 2 amide bonds. The van der Waals surface area contributed by atoms with E-state index in [1.807, 2.05) is 75.4 Å². The first-order valence-electron chi connectivity index (χ1n) is 14.6. The highest BCUT2D eigenvalue weighted by molar-refractivity contribution is 7.92. The molecule has 0 aliphatic rings. The van der Waals surface area contributed by atoms with Crippen molar-refractivity contribution < 1.29 is 18.0 Å². The number of anilines is 1. The van der Waals surface area contributed by atoms with Crippen LogP contribution in [0.15, 0.2) is 108 Å². The van der Waals surface area contributed by atoms with Gasteiger partial charge in [0, 0.05) is 24.5 Å². The van der Waals surface area contributed by atoms with Gasteiger partial charge in [-0.3, -0.25) is 13.9 Å². The molecule has 0 unspecified atom stereocenters. The van der Waals surface area contributed by atoms with Gasteiger partial charge in [-0.15, -0.1) is 0 Å². The van der Waals surface area contributed by atoms with Gasteiger partial charge in [-0.25, -0.2) is 8.42 Å².